The Hall–Kier alpha value is -2.81. The number of carbonyl (C=O) groups is 1. The summed E-state index contributed by atoms with van der Waals surface area (Å²) in [5, 5.41) is -0.0173. The number of hydrogen-bond acceptors (Lipinski definition) is 6. The first-order chi connectivity index (χ1) is 18.0. The summed E-state index contributed by atoms with van der Waals surface area (Å²) in [6.45, 7) is 5.76. The van der Waals surface area contributed by atoms with E-state index in [0.717, 1.165) is 22.9 Å². The summed E-state index contributed by atoms with van der Waals surface area (Å²) in [4.78, 5) is 14.8. The third-order valence-electron chi connectivity index (χ3n) is 6.36. The van der Waals surface area contributed by atoms with Gasteiger partial charge in [0.25, 0.3) is 10.1 Å². The zero-order chi connectivity index (χ0) is 27.4. The fraction of sp³-hybridized carbons (Fsp3) is 0.367. The lowest BCUT2D eigenvalue weighted by Crippen LogP contribution is -2.42. The highest BCUT2D eigenvalue weighted by Crippen LogP contribution is 2.52. The molecule has 38 heavy (non-hydrogen) atoms. The van der Waals surface area contributed by atoms with E-state index in [2.05, 4.69) is 36.4 Å². The lowest BCUT2D eigenvalue weighted by atomic mass is 9.84. The van der Waals surface area contributed by atoms with Crippen LogP contribution >= 0.6 is 11.8 Å². The minimum atomic E-state index is -3.66. The van der Waals surface area contributed by atoms with Gasteiger partial charge >= 0.3 is 6.09 Å². The van der Waals surface area contributed by atoms with Gasteiger partial charge in [-0.3, -0.25) is 4.18 Å². The standard InChI is InChI=1S/C30H35NO5S2/c1-29(2,3)36-28(32)31-21-27(20-26(31)22-35-38(4,33)34)37-30(23-14-8-5-9-15-23,24-16-10-6-11-17-24)25-18-12-7-13-19-25/h5-19,26-27H,20-22H2,1-4H3. The molecule has 0 bridgehead atoms. The van der Waals surface area contributed by atoms with E-state index in [1.165, 1.54) is 0 Å². The average Bonchev–Trinajstić information content (AvgIpc) is 3.29. The van der Waals surface area contributed by atoms with Crippen molar-refractivity contribution in [2.45, 2.75) is 48.8 Å². The number of ether oxygens (including phenoxy) is 1. The second kappa shape index (κ2) is 11.5. The van der Waals surface area contributed by atoms with Crippen molar-refractivity contribution in [1.29, 1.82) is 0 Å². The molecular formula is C30H35NO5S2. The second-order valence-electron chi connectivity index (χ2n) is 10.5. The molecule has 0 N–H and O–H groups in total. The first-order valence-corrected chi connectivity index (χ1v) is 15.4. The van der Waals surface area contributed by atoms with Crippen LogP contribution in [0.5, 0.6) is 0 Å². The highest BCUT2D eigenvalue weighted by atomic mass is 32.2. The number of rotatable bonds is 8. The number of amides is 1. The Morgan fingerprint density at radius 2 is 1.32 bits per heavy atom. The SMILES string of the molecule is CC(C)(C)OC(=O)N1CC(SC(c2ccccc2)(c2ccccc2)c2ccccc2)CC1COS(C)(=O)=O. The number of likely N-dealkylation sites (tertiary alicyclic amines) is 1. The average molecular weight is 554 g/mol. The first kappa shape index (κ1) is 28.2. The van der Waals surface area contributed by atoms with Gasteiger partial charge in [-0.05, 0) is 43.9 Å². The summed E-state index contributed by atoms with van der Waals surface area (Å²) in [7, 11) is -3.66. The molecule has 3 aromatic carbocycles. The Morgan fingerprint density at radius 1 is 0.868 bits per heavy atom. The van der Waals surface area contributed by atoms with Gasteiger partial charge in [0.2, 0.25) is 0 Å². The molecule has 4 rings (SSSR count). The van der Waals surface area contributed by atoms with Crippen molar-refractivity contribution in [3.8, 4) is 0 Å². The molecule has 0 aliphatic carbocycles. The van der Waals surface area contributed by atoms with Gasteiger partial charge < -0.3 is 9.64 Å². The number of benzene rings is 3. The fourth-order valence-corrected chi connectivity index (χ4v) is 7.11. The van der Waals surface area contributed by atoms with Crippen molar-refractivity contribution in [3.63, 3.8) is 0 Å². The quantitative estimate of drug-likeness (QED) is 0.249. The molecule has 3 aromatic rings. The Kier molecular flexibility index (Phi) is 8.55. The van der Waals surface area contributed by atoms with E-state index in [1.54, 1.807) is 16.7 Å². The highest BCUT2D eigenvalue weighted by molar-refractivity contribution is 8.01. The molecule has 1 amide bonds. The summed E-state index contributed by atoms with van der Waals surface area (Å²) in [5.74, 6) is 0. The number of thioether (sulfide) groups is 1. The van der Waals surface area contributed by atoms with E-state index in [0.29, 0.717) is 13.0 Å². The highest BCUT2D eigenvalue weighted by Gasteiger charge is 2.45. The summed E-state index contributed by atoms with van der Waals surface area (Å²) in [6.07, 6.45) is 1.12. The van der Waals surface area contributed by atoms with E-state index >= 15 is 0 Å². The maximum absolute atomic E-state index is 13.2. The zero-order valence-corrected chi connectivity index (χ0v) is 23.9. The van der Waals surface area contributed by atoms with Gasteiger partial charge in [0.15, 0.2) is 0 Å². The van der Waals surface area contributed by atoms with Gasteiger partial charge in [-0.25, -0.2) is 4.79 Å². The van der Waals surface area contributed by atoms with Gasteiger partial charge in [-0.1, -0.05) is 91.0 Å². The van der Waals surface area contributed by atoms with Gasteiger partial charge in [-0.2, -0.15) is 8.42 Å². The monoisotopic (exact) mass is 553 g/mol. The lowest BCUT2D eigenvalue weighted by molar-refractivity contribution is 0.0189. The van der Waals surface area contributed by atoms with Crippen molar-refractivity contribution in [2.75, 3.05) is 19.4 Å². The van der Waals surface area contributed by atoms with Crippen molar-refractivity contribution in [2.24, 2.45) is 0 Å². The van der Waals surface area contributed by atoms with Crippen LogP contribution in [-0.2, 0) is 23.8 Å². The van der Waals surface area contributed by atoms with Crippen LogP contribution in [0.1, 0.15) is 43.9 Å². The van der Waals surface area contributed by atoms with Crippen LogP contribution in [0, 0.1) is 0 Å². The van der Waals surface area contributed by atoms with Crippen LogP contribution in [0.25, 0.3) is 0 Å². The third kappa shape index (κ3) is 6.79. The molecule has 0 radical (unpaired) electrons. The number of nitrogens with zero attached hydrogens (tertiary/aromatic N) is 1. The summed E-state index contributed by atoms with van der Waals surface area (Å²) in [6, 6.07) is 30.7. The molecule has 1 saturated heterocycles. The predicted octanol–water partition coefficient (Wildman–Crippen LogP) is 6.07. The molecule has 1 aliphatic heterocycles. The van der Waals surface area contributed by atoms with E-state index in [4.69, 9.17) is 8.92 Å². The molecule has 6 nitrogen and oxygen atoms in total. The third-order valence-corrected chi connectivity index (χ3v) is 8.66. The normalized spacial score (nSPS) is 18.4. The molecular weight excluding hydrogens is 518 g/mol. The Labute approximate surface area is 230 Å². The molecule has 8 heteroatoms. The molecule has 0 aromatic heterocycles. The minimum Gasteiger partial charge on any atom is -0.444 e. The molecule has 1 aliphatic rings. The van der Waals surface area contributed by atoms with Crippen LogP contribution in [0.3, 0.4) is 0 Å². The van der Waals surface area contributed by atoms with Crippen LogP contribution in [-0.4, -0.2) is 55.7 Å². The van der Waals surface area contributed by atoms with Gasteiger partial charge in [-0.15, -0.1) is 11.8 Å². The van der Waals surface area contributed by atoms with Gasteiger partial charge in [0.1, 0.15) is 5.60 Å². The van der Waals surface area contributed by atoms with E-state index in [9.17, 15) is 13.2 Å². The smallest absolute Gasteiger partial charge is 0.410 e. The topological polar surface area (TPSA) is 72.9 Å². The summed E-state index contributed by atoms with van der Waals surface area (Å²) < 4.78 is 33.9. The number of hydrogen-bond donors (Lipinski definition) is 0. The van der Waals surface area contributed by atoms with Crippen LogP contribution in [0.4, 0.5) is 4.79 Å². The number of carbonyl (C=O) groups excluding carboxylic acids is 1. The van der Waals surface area contributed by atoms with Crippen molar-refractivity contribution < 1.29 is 22.1 Å². The molecule has 202 valence electrons. The van der Waals surface area contributed by atoms with Gasteiger partial charge in [0.05, 0.1) is 23.7 Å². The Balaban J connectivity index is 1.76. The molecule has 1 heterocycles. The Bertz CT molecular complexity index is 1210. The molecule has 0 spiro atoms. The zero-order valence-electron chi connectivity index (χ0n) is 22.2. The molecule has 2 atom stereocenters. The van der Waals surface area contributed by atoms with E-state index in [1.807, 2.05) is 75.4 Å². The fourth-order valence-electron chi connectivity index (χ4n) is 4.84. The first-order valence-electron chi connectivity index (χ1n) is 12.7. The predicted molar refractivity (Wildman–Crippen MR) is 153 cm³/mol. The summed E-state index contributed by atoms with van der Waals surface area (Å²) >= 11 is 1.78. The lowest BCUT2D eigenvalue weighted by Gasteiger charge is -2.37. The van der Waals surface area contributed by atoms with Crippen LogP contribution < -0.4 is 0 Å². The second-order valence-corrected chi connectivity index (χ2v) is 13.7. The molecule has 0 saturated carbocycles. The van der Waals surface area contributed by atoms with E-state index in [-0.39, 0.29) is 11.9 Å². The molecule has 1 fully saturated rings. The van der Waals surface area contributed by atoms with Crippen molar-refractivity contribution in [1.82, 2.24) is 4.90 Å². The van der Waals surface area contributed by atoms with Crippen LogP contribution in [0.2, 0.25) is 0 Å². The van der Waals surface area contributed by atoms with Gasteiger partial charge in [0, 0.05) is 11.8 Å². The summed E-state index contributed by atoms with van der Waals surface area (Å²) in [5.41, 5.74) is 2.71. The van der Waals surface area contributed by atoms with Crippen molar-refractivity contribution >= 4 is 28.0 Å². The molecule has 2 unspecified atom stereocenters. The van der Waals surface area contributed by atoms with Crippen LogP contribution in [0.15, 0.2) is 91.0 Å². The maximum Gasteiger partial charge on any atom is 0.410 e. The Morgan fingerprint density at radius 3 is 1.71 bits per heavy atom. The largest absolute Gasteiger partial charge is 0.444 e. The van der Waals surface area contributed by atoms with E-state index < -0.39 is 32.6 Å². The minimum absolute atomic E-state index is 0.0173. The van der Waals surface area contributed by atoms with Crippen molar-refractivity contribution in [3.05, 3.63) is 108 Å². The maximum atomic E-state index is 13.2.